The molecule has 1 rings (SSSR count). The molecule has 2 amide bonds. The van der Waals surface area contributed by atoms with Crippen molar-refractivity contribution < 1.29 is 9.59 Å². The number of rotatable bonds is 3. The zero-order valence-corrected chi connectivity index (χ0v) is 9.32. The first-order valence-corrected chi connectivity index (χ1v) is 5.29. The second-order valence-corrected chi connectivity index (χ2v) is 4.06. The molecule has 0 aromatic rings. The van der Waals surface area contributed by atoms with E-state index in [-0.39, 0.29) is 23.9 Å². The highest BCUT2D eigenvalue weighted by atomic mass is 16.2. The van der Waals surface area contributed by atoms with Gasteiger partial charge < -0.3 is 10.2 Å². The molecule has 0 aromatic carbocycles. The zero-order valence-electron chi connectivity index (χ0n) is 9.32. The van der Waals surface area contributed by atoms with Crippen LogP contribution in [0.25, 0.3) is 0 Å². The molecular formula is C11H18N2O2. The number of hydrogen-bond acceptors (Lipinski definition) is 2. The van der Waals surface area contributed by atoms with E-state index in [0.29, 0.717) is 6.54 Å². The SMILES string of the molecule is C=CC(=O)N1CCCC1C(=O)NC(C)C. The molecule has 1 fully saturated rings. The van der Waals surface area contributed by atoms with Crippen LogP contribution in [0.2, 0.25) is 0 Å². The molecule has 0 aliphatic carbocycles. The number of carbonyl (C=O) groups excluding carboxylic acids is 2. The van der Waals surface area contributed by atoms with Crippen molar-refractivity contribution in [3.8, 4) is 0 Å². The van der Waals surface area contributed by atoms with Gasteiger partial charge in [-0.2, -0.15) is 0 Å². The van der Waals surface area contributed by atoms with Crippen molar-refractivity contribution in [1.82, 2.24) is 10.2 Å². The first-order chi connectivity index (χ1) is 7.06. The van der Waals surface area contributed by atoms with E-state index in [9.17, 15) is 9.59 Å². The van der Waals surface area contributed by atoms with Crippen molar-refractivity contribution in [3.63, 3.8) is 0 Å². The van der Waals surface area contributed by atoms with Gasteiger partial charge in [0.1, 0.15) is 6.04 Å². The lowest BCUT2D eigenvalue weighted by Crippen LogP contribution is -2.47. The van der Waals surface area contributed by atoms with Gasteiger partial charge in [-0.15, -0.1) is 0 Å². The average molecular weight is 210 g/mol. The summed E-state index contributed by atoms with van der Waals surface area (Å²) in [6.45, 7) is 7.91. The molecule has 0 radical (unpaired) electrons. The lowest BCUT2D eigenvalue weighted by atomic mass is 10.2. The fourth-order valence-electron chi connectivity index (χ4n) is 1.80. The first-order valence-electron chi connectivity index (χ1n) is 5.29. The van der Waals surface area contributed by atoms with E-state index in [1.807, 2.05) is 13.8 Å². The molecule has 4 nitrogen and oxygen atoms in total. The first kappa shape index (κ1) is 11.8. The zero-order chi connectivity index (χ0) is 11.4. The van der Waals surface area contributed by atoms with Crippen molar-refractivity contribution in [1.29, 1.82) is 0 Å². The summed E-state index contributed by atoms with van der Waals surface area (Å²) in [5.74, 6) is -0.214. The summed E-state index contributed by atoms with van der Waals surface area (Å²) in [5.41, 5.74) is 0. The van der Waals surface area contributed by atoms with Gasteiger partial charge in [0.2, 0.25) is 11.8 Å². The van der Waals surface area contributed by atoms with Gasteiger partial charge >= 0.3 is 0 Å². The quantitative estimate of drug-likeness (QED) is 0.697. The Balaban J connectivity index is 2.63. The largest absolute Gasteiger partial charge is 0.352 e. The maximum atomic E-state index is 11.7. The molecule has 1 saturated heterocycles. The molecule has 4 heteroatoms. The second-order valence-electron chi connectivity index (χ2n) is 4.06. The molecule has 1 aliphatic rings. The standard InChI is InChI=1S/C11H18N2O2/c1-4-10(14)13-7-5-6-9(13)11(15)12-8(2)3/h4,8-9H,1,5-7H2,2-3H3,(H,12,15). The summed E-state index contributed by atoms with van der Waals surface area (Å²) in [6, 6.07) is -0.198. The molecule has 84 valence electrons. The van der Waals surface area contributed by atoms with Crippen molar-refractivity contribution in [2.45, 2.75) is 38.8 Å². The smallest absolute Gasteiger partial charge is 0.246 e. The van der Waals surface area contributed by atoms with E-state index >= 15 is 0 Å². The molecule has 0 bridgehead atoms. The van der Waals surface area contributed by atoms with Gasteiger partial charge in [-0.25, -0.2) is 0 Å². The van der Waals surface area contributed by atoms with E-state index in [1.54, 1.807) is 4.90 Å². The topological polar surface area (TPSA) is 49.4 Å². The van der Waals surface area contributed by atoms with Crippen molar-refractivity contribution in [2.24, 2.45) is 0 Å². The van der Waals surface area contributed by atoms with Crippen LogP contribution in [0, 0.1) is 0 Å². The third-order valence-corrected chi connectivity index (χ3v) is 2.44. The highest BCUT2D eigenvalue weighted by Gasteiger charge is 2.32. The van der Waals surface area contributed by atoms with Gasteiger partial charge in [0.05, 0.1) is 0 Å². The van der Waals surface area contributed by atoms with E-state index in [2.05, 4.69) is 11.9 Å². The molecule has 0 aromatic heterocycles. The summed E-state index contributed by atoms with van der Waals surface area (Å²) in [7, 11) is 0. The predicted molar refractivity (Wildman–Crippen MR) is 58.2 cm³/mol. The summed E-state index contributed by atoms with van der Waals surface area (Å²) in [4.78, 5) is 24.8. The number of nitrogens with zero attached hydrogens (tertiary/aromatic N) is 1. The van der Waals surface area contributed by atoms with E-state index in [1.165, 1.54) is 6.08 Å². The maximum absolute atomic E-state index is 11.7. The highest BCUT2D eigenvalue weighted by molar-refractivity contribution is 5.93. The molecular weight excluding hydrogens is 192 g/mol. The number of likely N-dealkylation sites (tertiary alicyclic amines) is 1. The normalized spacial score (nSPS) is 20.5. The minimum Gasteiger partial charge on any atom is -0.352 e. The Labute approximate surface area is 90.3 Å². The molecule has 1 atom stereocenters. The monoisotopic (exact) mass is 210 g/mol. The maximum Gasteiger partial charge on any atom is 0.246 e. The molecule has 1 heterocycles. The van der Waals surface area contributed by atoms with Gasteiger partial charge in [0.25, 0.3) is 0 Å². The summed E-state index contributed by atoms with van der Waals surface area (Å²) < 4.78 is 0. The highest BCUT2D eigenvalue weighted by Crippen LogP contribution is 2.17. The van der Waals surface area contributed by atoms with Crippen LogP contribution in [-0.2, 0) is 9.59 Å². The van der Waals surface area contributed by atoms with Crippen LogP contribution < -0.4 is 5.32 Å². The van der Waals surface area contributed by atoms with Crippen LogP contribution in [0.4, 0.5) is 0 Å². The minimum atomic E-state index is -0.308. The van der Waals surface area contributed by atoms with Gasteiger partial charge in [0, 0.05) is 12.6 Å². The van der Waals surface area contributed by atoms with Gasteiger partial charge in [-0.1, -0.05) is 6.58 Å². The van der Waals surface area contributed by atoms with Gasteiger partial charge in [-0.3, -0.25) is 9.59 Å². The fourth-order valence-corrected chi connectivity index (χ4v) is 1.80. The second kappa shape index (κ2) is 4.96. The minimum absolute atomic E-state index is 0.0577. The van der Waals surface area contributed by atoms with Crippen LogP contribution in [0.5, 0.6) is 0 Å². The fraction of sp³-hybridized carbons (Fsp3) is 0.636. The molecule has 15 heavy (non-hydrogen) atoms. The van der Waals surface area contributed by atoms with Crippen molar-refractivity contribution in [2.75, 3.05) is 6.54 Å². The predicted octanol–water partition coefficient (Wildman–Crippen LogP) is 0.688. The lowest BCUT2D eigenvalue weighted by molar-refractivity contribution is -0.135. The van der Waals surface area contributed by atoms with Crippen molar-refractivity contribution in [3.05, 3.63) is 12.7 Å². The summed E-state index contributed by atoms with van der Waals surface area (Å²) in [5, 5.41) is 2.83. The summed E-state index contributed by atoms with van der Waals surface area (Å²) >= 11 is 0. The number of hydrogen-bond donors (Lipinski definition) is 1. The lowest BCUT2D eigenvalue weighted by Gasteiger charge is -2.23. The van der Waals surface area contributed by atoms with Gasteiger partial charge in [-0.05, 0) is 32.8 Å². The molecule has 1 N–H and O–H groups in total. The number of amides is 2. The number of nitrogens with one attached hydrogen (secondary N) is 1. The Morgan fingerprint density at radius 1 is 1.53 bits per heavy atom. The molecule has 1 aliphatic heterocycles. The van der Waals surface area contributed by atoms with Crippen LogP contribution in [0.3, 0.4) is 0 Å². The Hall–Kier alpha value is -1.32. The summed E-state index contributed by atoms with van der Waals surface area (Å²) in [6.07, 6.45) is 2.90. The van der Waals surface area contributed by atoms with Crippen LogP contribution in [0.1, 0.15) is 26.7 Å². The van der Waals surface area contributed by atoms with Crippen LogP contribution >= 0.6 is 0 Å². The molecule has 0 saturated carbocycles. The molecule has 1 unspecified atom stereocenters. The van der Waals surface area contributed by atoms with Crippen LogP contribution in [0.15, 0.2) is 12.7 Å². The van der Waals surface area contributed by atoms with E-state index in [0.717, 1.165) is 12.8 Å². The Bertz CT molecular complexity index is 274. The van der Waals surface area contributed by atoms with E-state index in [4.69, 9.17) is 0 Å². The Kier molecular flexibility index (Phi) is 3.88. The van der Waals surface area contributed by atoms with Crippen molar-refractivity contribution >= 4 is 11.8 Å². The number of carbonyl (C=O) groups is 2. The Morgan fingerprint density at radius 3 is 2.73 bits per heavy atom. The third kappa shape index (κ3) is 2.81. The van der Waals surface area contributed by atoms with E-state index < -0.39 is 0 Å². The molecule has 0 spiro atoms. The third-order valence-electron chi connectivity index (χ3n) is 2.44. The average Bonchev–Trinajstić information content (AvgIpc) is 2.63. The van der Waals surface area contributed by atoms with Gasteiger partial charge in [0.15, 0.2) is 0 Å². The van der Waals surface area contributed by atoms with Crippen LogP contribution in [-0.4, -0.2) is 35.3 Å². The Morgan fingerprint density at radius 2 is 2.20 bits per heavy atom.